The van der Waals surface area contributed by atoms with Crippen molar-refractivity contribution in [2.45, 2.75) is 71.1 Å². The molecular formula is C22H31ClN4O. The molecule has 1 amide bonds. The highest BCUT2D eigenvalue weighted by molar-refractivity contribution is 5.85. The molecule has 1 aromatic carbocycles. The topological polar surface area (TPSA) is 59.0 Å². The molecule has 2 N–H and O–H groups in total. The van der Waals surface area contributed by atoms with Crippen LogP contribution in [0.4, 0.5) is 0 Å². The molecule has 28 heavy (non-hydrogen) atoms. The number of benzene rings is 1. The van der Waals surface area contributed by atoms with Gasteiger partial charge in [-0.15, -0.1) is 12.4 Å². The van der Waals surface area contributed by atoms with E-state index in [0.717, 1.165) is 29.9 Å². The van der Waals surface area contributed by atoms with Crippen molar-refractivity contribution in [3.8, 4) is 0 Å². The average Bonchev–Trinajstić information content (AvgIpc) is 3.22. The number of carbonyl (C=O) groups is 1. The van der Waals surface area contributed by atoms with Crippen molar-refractivity contribution in [3.63, 3.8) is 0 Å². The summed E-state index contributed by atoms with van der Waals surface area (Å²) in [6.07, 6.45) is 6.09. The first kappa shape index (κ1) is 20.9. The van der Waals surface area contributed by atoms with Crippen LogP contribution in [0, 0.1) is 19.8 Å². The number of nitrogens with one attached hydrogen (secondary N) is 2. The van der Waals surface area contributed by atoms with Crippen LogP contribution < -0.4 is 10.6 Å². The lowest BCUT2D eigenvalue weighted by Crippen LogP contribution is -2.43. The summed E-state index contributed by atoms with van der Waals surface area (Å²) >= 11 is 0. The molecular weight excluding hydrogens is 372 g/mol. The Labute approximate surface area is 173 Å². The molecule has 1 aliphatic heterocycles. The average molecular weight is 403 g/mol. The van der Waals surface area contributed by atoms with Gasteiger partial charge in [-0.25, -0.2) is 0 Å². The van der Waals surface area contributed by atoms with Crippen LogP contribution in [0.2, 0.25) is 0 Å². The molecule has 152 valence electrons. The third-order valence-electron chi connectivity index (χ3n) is 6.33. The van der Waals surface area contributed by atoms with E-state index in [9.17, 15) is 4.79 Å². The molecule has 0 spiro atoms. The summed E-state index contributed by atoms with van der Waals surface area (Å²) in [5.74, 6) is 0.825. The minimum absolute atomic E-state index is 0. The first-order valence-electron chi connectivity index (χ1n) is 10.2. The van der Waals surface area contributed by atoms with Gasteiger partial charge in [0.05, 0.1) is 18.3 Å². The van der Waals surface area contributed by atoms with E-state index in [2.05, 4.69) is 34.8 Å². The van der Waals surface area contributed by atoms with Crippen molar-refractivity contribution in [2.75, 3.05) is 0 Å². The second-order valence-electron chi connectivity index (χ2n) is 8.12. The highest BCUT2D eigenvalue weighted by atomic mass is 35.5. The Hall–Kier alpha value is -1.85. The summed E-state index contributed by atoms with van der Waals surface area (Å²) in [6, 6.07) is 10.9. The van der Waals surface area contributed by atoms with Crippen LogP contribution in [-0.4, -0.2) is 27.8 Å². The van der Waals surface area contributed by atoms with Crippen LogP contribution in [0.1, 0.15) is 54.6 Å². The Morgan fingerprint density at radius 2 is 1.96 bits per heavy atom. The lowest BCUT2D eigenvalue weighted by molar-refractivity contribution is -0.123. The van der Waals surface area contributed by atoms with Gasteiger partial charge in [0, 0.05) is 23.8 Å². The van der Waals surface area contributed by atoms with Crippen LogP contribution in [0.15, 0.2) is 30.3 Å². The highest BCUT2D eigenvalue weighted by Gasteiger charge is 2.38. The van der Waals surface area contributed by atoms with Crippen LogP contribution in [0.25, 0.3) is 0 Å². The molecule has 3 atom stereocenters. The van der Waals surface area contributed by atoms with E-state index >= 15 is 0 Å². The molecule has 0 radical (unpaired) electrons. The smallest absolute Gasteiger partial charge is 0.237 e. The molecule has 2 aromatic rings. The van der Waals surface area contributed by atoms with E-state index in [1.165, 1.54) is 31.2 Å². The van der Waals surface area contributed by atoms with Crippen LogP contribution >= 0.6 is 12.4 Å². The van der Waals surface area contributed by atoms with E-state index in [4.69, 9.17) is 0 Å². The fraction of sp³-hybridized carbons (Fsp3) is 0.545. The number of halogens is 1. The number of hydrogen-bond acceptors (Lipinski definition) is 3. The molecule has 4 rings (SSSR count). The normalized spacial score (nSPS) is 23.7. The third-order valence-corrected chi connectivity index (χ3v) is 6.33. The van der Waals surface area contributed by atoms with Crippen molar-refractivity contribution in [3.05, 3.63) is 52.8 Å². The number of amides is 1. The van der Waals surface area contributed by atoms with Crippen LogP contribution in [0.3, 0.4) is 0 Å². The number of carbonyl (C=O) groups excluding carboxylic acids is 1. The molecule has 1 saturated carbocycles. The number of aromatic nitrogens is 2. The SMILES string of the molecule is Cc1nn(Cc2ccccc2)c(C)c1CNC(=O)C1CC2CCCCC2N1.Cl. The fourth-order valence-electron chi connectivity index (χ4n) is 4.72. The first-order valence-corrected chi connectivity index (χ1v) is 10.2. The van der Waals surface area contributed by atoms with Crippen molar-refractivity contribution >= 4 is 18.3 Å². The minimum Gasteiger partial charge on any atom is -0.351 e. The van der Waals surface area contributed by atoms with Gasteiger partial charge < -0.3 is 10.6 Å². The Balaban J connectivity index is 0.00000225. The zero-order valence-corrected chi connectivity index (χ0v) is 17.6. The summed E-state index contributed by atoms with van der Waals surface area (Å²) in [4.78, 5) is 12.7. The second kappa shape index (κ2) is 9.10. The second-order valence-corrected chi connectivity index (χ2v) is 8.12. The number of nitrogens with zero attached hydrogens (tertiary/aromatic N) is 2. The van der Waals surface area contributed by atoms with Crippen LogP contribution in [-0.2, 0) is 17.9 Å². The van der Waals surface area contributed by atoms with Crippen molar-refractivity contribution in [2.24, 2.45) is 5.92 Å². The third kappa shape index (κ3) is 4.41. The Morgan fingerprint density at radius 1 is 1.21 bits per heavy atom. The van der Waals surface area contributed by atoms with Gasteiger partial charge in [-0.2, -0.15) is 5.10 Å². The minimum atomic E-state index is -0.0296. The Kier molecular flexibility index (Phi) is 6.78. The molecule has 6 heteroatoms. The predicted molar refractivity (Wildman–Crippen MR) is 114 cm³/mol. The molecule has 2 fully saturated rings. The molecule has 2 aliphatic rings. The zero-order chi connectivity index (χ0) is 18.8. The van der Waals surface area contributed by atoms with Gasteiger partial charge in [0.2, 0.25) is 5.91 Å². The monoisotopic (exact) mass is 402 g/mol. The van der Waals surface area contributed by atoms with Crippen molar-refractivity contribution in [1.29, 1.82) is 0 Å². The summed E-state index contributed by atoms with van der Waals surface area (Å²) in [5, 5.41) is 11.4. The molecule has 0 bridgehead atoms. The van der Waals surface area contributed by atoms with E-state index in [1.54, 1.807) is 0 Å². The van der Waals surface area contributed by atoms with Gasteiger partial charge in [-0.1, -0.05) is 43.2 Å². The lowest BCUT2D eigenvalue weighted by Gasteiger charge is -2.24. The van der Waals surface area contributed by atoms with Gasteiger partial charge in [0.15, 0.2) is 0 Å². The van der Waals surface area contributed by atoms with E-state index < -0.39 is 0 Å². The highest BCUT2D eigenvalue weighted by Crippen LogP contribution is 2.33. The molecule has 3 unspecified atom stereocenters. The van der Waals surface area contributed by atoms with Crippen molar-refractivity contribution < 1.29 is 4.79 Å². The van der Waals surface area contributed by atoms with E-state index in [0.29, 0.717) is 18.5 Å². The number of fused-ring (bicyclic) bond motifs is 1. The lowest BCUT2D eigenvalue weighted by atomic mass is 9.85. The van der Waals surface area contributed by atoms with Crippen LogP contribution in [0.5, 0.6) is 0 Å². The van der Waals surface area contributed by atoms with E-state index in [1.807, 2.05) is 29.8 Å². The molecule has 2 heterocycles. The summed E-state index contributed by atoms with van der Waals surface area (Å²) in [7, 11) is 0. The van der Waals surface area contributed by atoms with Gasteiger partial charge in [0.25, 0.3) is 0 Å². The number of aryl methyl sites for hydroxylation is 1. The van der Waals surface area contributed by atoms with Crippen molar-refractivity contribution in [1.82, 2.24) is 20.4 Å². The maximum absolute atomic E-state index is 12.7. The number of hydrogen-bond donors (Lipinski definition) is 2. The predicted octanol–water partition coefficient (Wildman–Crippen LogP) is 3.51. The summed E-state index contributed by atoms with van der Waals surface area (Å²) < 4.78 is 2.04. The molecule has 1 aromatic heterocycles. The zero-order valence-electron chi connectivity index (χ0n) is 16.8. The maximum Gasteiger partial charge on any atom is 0.237 e. The Morgan fingerprint density at radius 3 is 2.71 bits per heavy atom. The molecule has 5 nitrogen and oxygen atoms in total. The first-order chi connectivity index (χ1) is 13.1. The standard InChI is InChI=1S/C22H30N4O.ClH/c1-15-19(16(2)26(25-15)14-17-8-4-3-5-9-17)13-23-22(27)21-12-18-10-6-7-11-20(18)24-21;/h3-5,8-9,18,20-21,24H,6-7,10-14H2,1-2H3,(H,23,27);1H. The largest absolute Gasteiger partial charge is 0.351 e. The fourth-order valence-corrected chi connectivity index (χ4v) is 4.72. The Bertz CT molecular complexity index is 790. The van der Waals surface area contributed by atoms with Gasteiger partial charge in [-0.05, 0) is 44.6 Å². The summed E-state index contributed by atoms with van der Waals surface area (Å²) in [5.41, 5.74) is 4.49. The van der Waals surface area contributed by atoms with E-state index in [-0.39, 0.29) is 24.4 Å². The van der Waals surface area contributed by atoms with Gasteiger partial charge >= 0.3 is 0 Å². The maximum atomic E-state index is 12.7. The van der Waals surface area contributed by atoms with Gasteiger partial charge in [0.1, 0.15) is 0 Å². The summed E-state index contributed by atoms with van der Waals surface area (Å²) in [6.45, 7) is 5.43. The quantitative estimate of drug-likeness (QED) is 0.804. The molecule has 1 saturated heterocycles. The van der Waals surface area contributed by atoms with Gasteiger partial charge in [-0.3, -0.25) is 9.48 Å². The number of rotatable bonds is 5. The molecule has 1 aliphatic carbocycles.